The normalized spacial score (nSPS) is 38.7. The van der Waals surface area contributed by atoms with E-state index in [1.54, 1.807) is 0 Å². The molecule has 0 bridgehead atoms. The quantitative estimate of drug-likeness (QED) is 0.510. The number of methoxy groups -OCH3 is 1. The van der Waals surface area contributed by atoms with Gasteiger partial charge in [-0.05, 0) is 37.5 Å². The number of hydrogen-bond donors (Lipinski definition) is 4. The van der Waals surface area contributed by atoms with Crippen molar-refractivity contribution in [1.82, 2.24) is 26.4 Å². The molecule has 8 heteroatoms. The van der Waals surface area contributed by atoms with Gasteiger partial charge in [0.05, 0.1) is 19.2 Å². The van der Waals surface area contributed by atoms with E-state index in [0.717, 1.165) is 45.4 Å². The van der Waals surface area contributed by atoms with Gasteiger partial charge in [-0.3, -0.25) is 14.5 Å². The van der Waals surface area contributed by atoms with E-state index in [9.17, 15) is 9.59 Å². The summed E-state index contributed by atoms with van der Waals surface area (Å²) in [6.45, 7) is 7.27. The maximum Gasteiger partial charge on any atom is 0.310 e. The lowest BCUT2D eigenvalue weighted by Crippen LogP contribution is -2.63. The van der Waals surface area contributed by atoms with Gasteiger partial charge >= 0.3 is 5.97 Å². The molecule has 6 unspecified atom stereocenters. The van der Waals surface area contributed by atoms with Crippen molar-refractivity contribution < 1.29 is 14.3 Å². The molecular formula is C18H33N5O3. The number of carbonyl (C=O) groups excluding carboxylic acids is 2. The first-order valence-corrected chi connectivity index (χ1v) is 9.83. The van der Waals surface area contributed by atoms with Gasteiger partial charge < -0.3 is 15.4 Å². The second kappa shape index (κ2) is 8.65. The van der Waals surface area contributed by atoms with Crippen LogP contribution in [0.1, 0.15) is 39.5 Å². The van der Waals surface area contributed by atoms with Crippen LogP contribution in [0.25, 0.3) is 0 Å². The second-order valence-corrected chi connectivity index (χ2v) is 8.08. The molecule has 6 atom stereocenters. The fourth-order valence-corrected chi connectivity index (χ4v) is 4.38. The van der Waals surface area contributed by atoms with E-state index in [0.29, 0.717) is 11.8 Å². The van der Waals surface area contributed by atoms with Crippen LogP contribution in [0, 0.1) is 17.8 Å². The smallest absolute Gasteiger partial charge is 0.310 e. The number of amides is 1. The van der Waals surface area contributed by atoms with Crippen LogP contribution >= 0.6 is 0 Å². The van der Waals surface area contributed by atoms with Crippen LogP contribution in [0.15, 0.2) is 0 Å². The topological polar surface area (TPSA) is 94.7 Å². The first kappa shape index (κ1) is 19.5. The highest BCUT2D eigenvalue weighted by atomic mass is 16.5. The average Bonchev–Trinajstić information content (AvgIpc) is 3.18. The Morgan fingerprint density at radius 3 is 2.50 bits per heavy atom. The summed E-state index contributed by atoms with van der Waals surface area (Å²) in [6, 6.07) is -0.418. The Balaban J connectivity index is 1.53. The number of hydrogen-bond acceptors (Lipinski definition) is 7. The molecule has 3 aliphatic rings. The van der Waals surface area contributed by atoms with Crippen molar-refractivity contribution in [3.63, 3.8) is 0 Å². The van der Waals surface area contributed by atoms with E-state index >= 15 is 0 Å². The van der Waals surface area contributed by atoms with Crippen LogP contribution in [-0.4, -0.2) is 61.9 Å². The summed E-state index contributed by atoms with van der Waals surface area (Å²) in [5, 5.41) is 6.44. The summed E-state index contributed by atoms with van der Waals surface area (Å²) in [5.41, 5.74) is 6.44. The van der Waals surface area contributed by atoms with Gasteiger partial charge in [-0.2, -0.15) is 0 Å². The number of hydrazine groups is 1. The molecule has 3 fully saturated rings. The minimum Gasteiger partial charge on any atom is -0.469 e. The van der Waals surface area contributed by atoms with Crippen molar-refractivity contribution in [2.45, 2.75) is 57.8 Å². The van der Waals surface area contributed by atoms with Gasteiger partial charge in [0.1, 0.15) is 6.04 Å². The van der Waals surface area contributed by atoms with Gasteiger partial charge in [0.25, 0.3) is 0 Å². The molecule has 4 N–H and O–H groups in total. The third kappa shape index (κ3) is 4.36. The molecule has 3 rings (SSSR count). The lowest BCUT2D eigenvalue weighted by molar-refractivity contribution is -0.149. The summed E-state index contributed by atoms with van der Waals surface area (Å²) in [7, 11) is 1.42. The molecule has 0 aromatic rings. The number of nitrogens with zero attached hydrogens (tertiary/aromatic N) is 1. The molecule has 148 valence electrons. The van der Waals surface area contributed by atoms with Gasteiger partial charge in [0.2, 0.25) is 5.91 Å². The Hall–Kier alpha value is -1.22. The second-order valence-electron chi connectivity index (χ2n) is 8.08. The van der Waals surface area contributed by atoms with Gasteiger partial charge in [-0.1, -0.05) is 13.8 Å². The molecule has 0 aromatic carbocycles. The zero-order valence-electron chi connectivity index (χ0n) is 16.1. The Labute approximate surface area is 155 Å². The molecule has 1 amide bonds. The van der Waals surface area contributed by atoms with Crippen molar-refractivity contribution in [2.24, 2.45) is 17.8 Å². The highest BCUT2D eigenvalue weighted by Crippen LogP contribution is 2.34. The maximum absolute atomic E-state index is 12.7. The minimum atomic E-state index is -0.269. The Bertz CT molecular complexity index is 503. The lowest BCUT2D eigenvalue weighted by atomic mass is 9.72. The van der Waals surface area contributed by atoms with Crippen LogP contribution in [0.4, 0.5) is 0 Å². The number of ether oxygens (including phenoxy) is 1. The van der Waals surface area contributed by atoms with Crippen molar-refractivity contribution in [2.75, 3.05) is 26.9 Å². The highest BCUT2D eigenvalue weighted by molar-refractivity contribution is 5.83. The van der Waals surface area contributed by atoms with Crippen LogP contribution in [0.5, 0.6) is 0 Å². The monoisotopic (exact) mass is 367 g/mol. The third-order valence-electron chi connectivity index (χ3n) is 6.34. The zero-order valence-corrected chi connectivity index (χ0v) is 16.1. The van der Waals surface area contributed by atoms with E-state index in [4.69, 9.17) is 4.74 Å². The Morgan fingerprint density at radius 2 is 1.88 bits per heavy atom. The van der Waals surface area contributed by atoms with Gasteiger partial charge in [0.15, 0.2) is 0 Å². The fraction of sp³-hybridized carbons (Fsp3) is 0.889. The molecule has 1 aliphatic carbocycles. The molecule has 1 saturated carbocycles. The molecule has 8 nitrogen and oxygen atoms in total. The van der Waals surface area contributed by atoms with Crippen molar-refractivity contribution in [1.29, 1.82) is 0 Å². The number of carbonyl (C=O) groups is 2. The highest BCUT2D eigenvalue weighted by Gasteiger charge is 2.40. The van der Waals surface area contributed by atoms with Gasteiger partial charge in [-0.15, -0.1) is 0 Å². The van der Waals surface area contributed by atoms with Crippen LogP contribution in [-0.2, 0) is 14.3 Å². The van der Waals surface area contributed by atoms with E-state index < -0.39 is 0 Å². The molecule has 2 aliphatic heterocycles. The number of nitrogens with one attached hydrogen (secondary N) is 4. The van der Waals surface area contributed by atoms with Gasteiger partial charge in [0, 0.05) is 25.8 Å². The molecule has 26 heavy (non-hydrogen) atoms. The largest absolute Gasteiger partial charge is 0.469 e. The summed E-state index contributed by atoms with van der Waals surface area (Å²) >= 11 is 0. The van der Waals surface area contributed by atoms with Gasteiger partial charge in [-0.25, -0.2) is 10.9 Å². The zero-order chi connectivity index (χ0) is 18.7. The van der Waals surface area contributed by atoms with E-state index in [-0.39, 0.29) is 36.0 Å². The standard InChI is InChI=1S/C18H33N5O3/c1-11-8-13(18(25)26-3)15(9-12(11)2)20-17(24)14-4-5-16(22-21-14)23-7-6-19-10-23/h11-16,19,21-22H,4-10H2,1-3H3,(H,20,24). The molecule has 2 saturated heterocycles. The maximum atomic E-state index is 12.7. The SMILES string of the molecule is COC(=O)C1CC(C)C(C)CC1NC(=O)C1CCC(N2CCNC2)NN1. The van der Waals surface area contributed by atoms with E-state index in [1.165, 1.54) is 7.11 Å². The predicted octanol–water partition coefficient (Wildman–Crippen LogP) is -0.228. The number of esters is 1. The summed E-state index contributed by atoms with van der Waals surface area (Å²) in [6.07, 6.45) is 3.54. The Morgan fingerprint density at radius 1 is 1.12 bits per heavy atom. The van der Waals surface area contributed by atoms with Crippen molar-refractivity contribution in [3.8, 4) is 0 Å². The molecular weight excluding hydrogens is 334 g/mol. The number of rotatable bonds is 4. The van der Waals surface area contributed by atoms with E-state index in [1.807, 2.05) is 0 Å². The van der Waals surface area contributed by atoms with E-state index in [2.05, 4.69) is 40.2 Å². The minimum absolute atomic E-state index is 0.0313. The summed E-state index contributed by atoms with van der Waals surface area (Å²) in [4.78, 5) is 27.2. The van der Waals surface area contributed by atoms with Crippen LogP contribution in [0.3, 0.4) is 0 Å². The summed E-state index contributed by atoms with van der Waals surface area (Å²) < 4.78 is 4.97. The predicted molar refractivity (Wildman–Crippen MR) is 97.7 cm³/mol. The third-order valence-corrected chi connectivity index (χ3v) is 6.34. The van der Waals surface area contributed by atoms with Crippen LogP contribution < -0.4 is 21.5 Å². The van der Waals surface area contributed by atoms with Crippen molar-refractivity contribution >= 4 is 11.9 Å². The van der Waals surface area contributed by atoms with Crippen molar-refractivity contribution in [3.05, 3.63) is 0 Å². The fourth-order valence-electron chi connectivity index (χ4n) is 4.38. The van der Waals surface area contributed by atoms with Crippen LogP contribution in [0.2, 0.25) is 0 Å². The molecule has 0 radical (unpaired) electrons. The molecule has 0 aromatic heterocycles. The first-order valence-electron chi connectivity index (χ1n) is 9.83. The summed E-state index contributed by atoms with van der Waals surface area (Å²) in [5.74, 6) is 0.430. The molecule has 2 heterocycles. The Kier molecular flexibility index (Phi) is 6.50. The first-order chi connectivity index (χ1) is 12.5. The lowest BCUT2D eigenvalue weighted by Gasteiger charge is -2.39. The molecule has 0 spiro atoms. The average molecular weight is 367 g/mol.